The molecule has 1 aromatic rings. The number of hydrogen-bond acceptors (Lipinski definition) is 5. The molecule has 0 aromatic heterocycles. The van der Waals surface area contributed by atoms with Crippen LogP contribution in [0.2, 0.25) is 0 Å². The predicted octanol–water partition coefficient (Wildman–Crippen LogP) is 1.74. The zero-order valence-corrected chi connectivity index (χ0v) is 14.1. The lowest BCUT2D eigenvalue weighted by molar-refractivity contribution is -0.384. The number of benzene rings is 1. The molecular weight excluding hydrogens is 326 g/mol. The summed E-state index contributed by atoms with van der Waals surface area (Å²) in [5, 5.41) is 20.3. The summed E-state index contributed by atoms with van der Waals surface area (Å²) in [6, 6.07) is 5.79. The third kappa shape index (κ3) is 3.09. The lowest BCUT2D eigenvalue weighted by Crippen LogP contribution is -2.40. The van der Waals surface area contributed by atoms with Gasteiger partial charge in [-0.05, 0) is 30.9 Å². The van der Waals surface area contributed by atoms with E-state index in [-0.39, 0.29) is 24.1 Å². The van der Waals surface area contributed by atoms with Crippen molar-refractivity contribution in [2.75, 3.05) is 31.6 Å². The van der Waals surface area contributed by atoms with Crippen molar-refractivity contribution in [3.8, 4) is 0 Å². The van der Waals surface area contributed by atoms with Crippen LogP contribution in [-0.4, -0.2) is 53.5 Å². The van der Waals surface area contributed by atoms with Gasteiger partial charge in [0, 0.05) is 38.0 Å². The summed E-state index contributed by atoms with van der Waals surface area (Å²) in [4.78, 5) is 37.8. The Morgan fingerprint density at radius 2 is 2.08 bits per heavy atom. The van der Waals surface area contributed by atoms with Crippen LogP contribution in [0.5, 0.6) is 0 Å². The molecule has 1 saturated heterocycles. The number of amides is 1. The molecule has 2 aliphatic rings. The zero-order chi connectivity index (χ0) is 18.2. The van der Waals surface area contributed by atoms with Crippen molar-refractivity contribution < 1.29 is 19.6 Å². The van der Waals surface area contributed by atoms with E-state index in [1.807, 2.05) is 4.90 Å². The molecule has 8 heteroatoms. The smallest absolute Gasteiger partial charge is 0.311 e. The molecule has 1 aliphatic heterocycles. The number of likely N-dealkylation sites (N-methyl/N-ethyl adjacent to an activating group) is 1. The topological polar surface area (TPSA) is 104 Å². The van der Waals surface area contributed by atoms with E-state index in [1.54, 1.807) is 7.05 Å². The van der Waals surface area contributed by atoms with E-state index >= 15 is 0 Å². The van der Waals surface area contributed by atoms with E-state index in [2.05, 4.69) is 0 Å². The van der Waals surface area contributed by atoms with Gasteiger partial charge < -0.3 is 10.0 Å². The fourth-order valence-corrected chi connectivity index (χ4v) is 4.10. The molecule has 0 spiro atoms. The average molecular weight is 347 g/mol. The van der Waals surface area contributed by atoms with Crippen molar-refractivity contribution in [1.82, 2.24) is 4.90 Å². The number of hydrogen-bond donors (Lipinski definition) is 1. The fraction of sp³-hybridized carbons (Fsp3) is 0.529. The van der Waals surface area contributed by atoms with Gasteiger partial charge in [-0.2, -0.15) is 0 Å². The number of nitro groups is 1. The first kappa shape index (κ1) is 17.3. The lowest BCUT2D eigenvalue weighted by Gasteiger charge is -2.24. The van der Waals surface area contributed by atoms with Crippen molar-refractivity contribution in [2.45, 2.75) is 19.3 Å². The highest BCUT2D eigenvalue weighted by molar-refractivity contribution is 5.94. The number of carboxylic acids is 1. The van der Waals surface area contributed by atoms with Crippen molar-refractivity contribution in [1.29, 1.82) is 0 Å². The van der Waals surface area contributed by atoms with Crippen LogP contribution in [0.3, 0.4) is 0 Å². The van der Waals surface area contributed by atoms with Crippen LogP contribution in [0.4, 0.5) is 11.4 Å². The molecule has 1 amide bonds. The van der Waals surface area contributed by atoms with Gasteiger partial charge in [0.25, 0.3) is 5.69 Å². The largest absolute Gasteiger partial charge is 0.481 e. The first-order valence-corrected chi connectivity index (χ1v) is 8.30. The summed E-state index contributed by atoms with van der Waals surface area (Å²) in [6.45, 7) is 1.19. The van der Waals surface area contributed by atoms with Gasteiger partial charge in [-0.25, -0.2) is 0 Å². The standard InChI is InChI=1S/C17H21N3O5/c1-18(13-4-6-14(7-5-13)20(24)25)15(21)10-19-9-12-3-2-8-17(12,11-19)16(22)23/h4-7,12H,2-3,8-11H2,1H3,(H,22,23)/t12-,17+/m0/s1. The Hall–Kier alpha value is -2.48. The molecule has 3 rings (SSSR count). The minimum Gasteiger partial charge on any atom is -0.481 e. The molecule has 1 heterocycles. The Morgan fingerprint density at radius 3 is 2.64 bits per heavy atom. The summed E-state index contributed by atoms with van der Waals surface area (Å²) in [5.74, 6) is -0.800. The number of aliphatic carboxylic acids is 1. The van der Waals surface area contributed by atoms with E-state index in [1.165, 1.54) is 29.2 Å². The van der Waals surface area contributed by atoms with Crippen molar-refractivity contribution in [2.24, 2.45) is 11.3 Å². The molecule has 25 heavy (non-hydrogen) atoms. The number of non-ortho nitro benzene ring substituents is 1. The van der Waals surface area contributed by atoms with Crippen LogP contribution in [0.15, 0.2) is 24.3 Å². The number of carboxylic acid groups (broad SMARTS) is 1. The Balaban J connectivity index is 1.64. The van der Waals surface area contributed by atoms with Crippen molar-refractivity contribution in [3.63, 3.8) is 0 Å². The summed E-state index contributed by atoms with van der Waals surface area (Å²) in [7, 11) is 1.62. The summed E-state index contributed by atoms with van der Waals surface area (Å²) < 4.78 is 0. The zero-order valence-electron chi connectivity index (χ0n) is 14.1. The van der Waals surface area contributed by atoms with Crippen LogP contribution >= 0.6 is 0 Å². The maximum absolute atomic E-state index is 12.5. The van der Waals surface area contributed by atoms with Gasteiger partial charge in [0.1, 0.15) is 0 Å². The molecule has 0 radical (unpaired) electrons. The second kappa shape index (κ2) is 6.44. The van der Waals surface area contributed by atoms with E-state index in [9.17, 15) is 24.8 Å². The Morgan fingerprint density at radius 1 is 1.40 bits per heavy atom. The third-order valence-electron chi connectivity index (χ3n) is 5.55. The molecule has 8 nitrogen and oxygen atoms in total. The highest BCUT2D eigenvalue weighted by Crippen LogP contribution is 2.48. The van der Waals surface area contributed by atoms with Gasteiger partial charge in [-0.15, -0.1) is 0 Å². The second-order valence-electron chi connectivity index (χ2n) is 6.95. The average Bonchev–Trinajstić information content (AvgIpc) is 3.12. The molecule has 0 bridgehead atoms. The fourth-order valence-electron chi connectivity index (χ4n) is 4.10. The summed E-state index contributed by atoms with van der Waals surface area (Å²) in [6.07, 6.45) is 2.51. The number of likely N-dealkylation sites (tertiary alicyclic amines) is 1. The number of carbonyl (C=O) groups is 2. The van der Waals surface area contributed by atoms with Gasteiger partial charge in [0.2, 0.25) is 5.91 Å². The van der Waals surface area contributed by atoms with Crippen LogP contribution in [0.1, 0.15) is 19.3 Å². The minimum atomic E-state index is -0.756. The molecule has 0 unspecified atom stereocenters. The van der Waals surface area contributed by atoms with Crippen molar-refractivity contribution >= 4 is 23.3 Å². The van der Waals surface area contributed by atoms with E-state index in [0.717, 1.165) is 12.8 Å². The molecule has 134 valence electrons. The first-order chi connectivity index (χ1) is 11.8. The lowest BCUT2D eigenvalue weighted by atomic mass is 9.81. The SMILES string of the molecule is CN(C(=O)CN1C[C@@H]2CCC[C@@]2(C(=O)O)C1)c1ccc([N+](=O)[O-])cc1. The van der Waals surface area contributed by atoms with Crippen molar-refractivity contribution in [3.05, 3.63) is 34.4 Å². The third-order valence-corrected chi connectivity index (χ3v) is 5.55. The number of carbonyl (C=O) groups excluding carboxylic acids is 1. The Labute approximate surface area is 145 Å². The quantitative estimate of drug-likeness (QED) is 0.643. The Bertz CT molecular complexity index is 705. The van der Waals surface area contributed by atoms with Crippen LogP contribution in [0, 0.1) is 21.4 Å². The molecule has 2 atom stereocenters. The molecule has 1 aromatic carbocycles. The van der Waals surface area contributed by atoms with Crippen LogP contribution < -0.4 is 4.90 Å². The predicted molar refractivity (Wildman–Crippen MR) is 90.4 cm³/mol. The Kier molecular flexibility index (Phi) is 4.47. The normalized spacial score (nSPS) is 25.6. The molecule has 2 fully saturated rings. The van der Waals surface area contributed by atoms with Gasteiger partial charge in [-0.1, -0.05) is 6.42 Å². The molecule has 1 aliphatic carbocycles. The summed E-state index contributed by atoms with van der Waals surface area (Å²) in [5.41, 5.74) is -0.157. The highest BCUT2D eigenvalue weighted by atomic mass is 16.6. The molecule has 1 N–H and O–H groups in total. The van der Waals surface area contributed by atoms with E-state index in [0.29, 0.717) is 25.2 Å². The van der Waals surface area contributed by atoms with Gasteiger partial charge in [0.05, 0.1) is 16.9 Å². The van der Waals surface area contributed by atoms with Gasteiger partial charge in [0.15, 0.2) is 0 Å². The monoisotopic (exact) mass is 347 g/mol. The number of nitro benzene ring substituents is 1. The number of rotatable bonds is 5. The molecule has 1 saturated carbocycles. The summed E-state index contributed by atoms with van der Waals surface area (Å²) >= 11 is 0. The van der Waals surface area contributed by atoms with E-state index in [4.69, 9.17) is 0 Å². The highest BCUT2D eigenvalue weighted by Gasteiger charge is 2.54. The van der Waals surface area contributed by atoms with Gasteiger partial charge in [-0.3, -0.25) is 24.6 Å². The number of fused-ring (bicyclic) bond motifs is 1. The number of anilines is 1. The first-order valence-electron chi connectivity index (χ1n) is 8.30. The second-order valence-corrected chi connectivity index (χ2v) is 6.95. The number of nitrogens with zero attached hydrogens (tertiary/aromatic N) is 3. The van der Waals surface area contributed by atoms with Crippen LogP contribution in [-0.2, 0) is 9.59 Å². The van der Waals surface area contributed by atoms with Crippen LogP contribution in [0.25, 0.3) is 0 Å². The maximum Gasteiger partial charge on any atom is 0.311 e. The van der Waals surface area contributed by atoms with Gasteiger partial charge >= 0.3 is 5.97 Å². The van der Waals surface area contributed by atoms with E-state index < -0.39 is 16.3 Å². The minimum absolute atomic E-state index is 0.0274. The molecular formula is C17H21N3O5. The maximum atomic E-state index is 12.5.